The molecule has 0 saturated heterocycles. The molecule has 0 heterocycles. The molecule has 0 spiro atoms. The largest absolute Gasteiger partial charge is 0.460 e. The third kappa shape index (κ3) is 25.0. The van der Waals surface area contributed by atoms with E-state index in [1.54, 1.807) is 0 Å². The number of ether oxygens (including phenoxy) is 7. The molecule has 0 aromatic carbocycles. The van der Waals surface area contributed by atoms with E-state index in [2.05, 4.69) is 13.5 Å². The Labute approximate surface area is 182 Å². The summed E-state index contributed by atoms with van der Waals surface area (Å²) < 4.78 is 37.2. The summed E-state index contributed by atoms with van der Waals surface area (Å²) in [5.74, 6) is -0.447. The van der Waals surface area contributed by atoms with E-state index in [0.29, 0.717) is 72.7 Å². The van der Waals surface area contributed by atoms with Crippen molar-refractivity contribution in [3.05, 3.63) is 12.7 Å². The van der Waals surface area contributed by atoms with Gasteiger partial charge in [0.05, 0.1) is 72.7 Å². The lowest BCUT2D eigenvalue weighted by Crippen LogP contribution is -2.15. The lowest BCUT2D eigenvalue weighted by molar-refractivity contribution is -0.139. The quantitative estimate of drug-likeness (QED) is 0.123. The summed E-state index contributed by atoms with van der Waals surface area (Å²) >= 11 is 0. The molecule has 0 aliphatic carbocycles. The highest BCUT2D eigenvalue weighted by atomic mass is 16.6. The van der Waals surface area contributed by atoms with Crippen LogP contribution in [0.2, 0.25) is 0 Å². The summed E-state index contributed by atoms with van der Waals surface area (Å²) in [4.78, 5) is 10.8. The van der Waals surface area contributed by atoms with Crippen LogP contribution in [0.4, 0.5) is 0 Å². The normalized spacial score (nSPS) is 11.0. The van der Waals surface area contributed by atoms with Crippen molar-refractivity contribution in [2.45, 2.75) is 39.0 Å². The van der Waals surface area contributed by atoms with Gasteiger partial charge in [0.25, 0.3) is 0 Å². The van der Waals surface area contributed by atoms with Gasteiger partial charge in [0.1, 0.15) is 6.61 Å². The maximum atomic E-state index is 10.8. The summed E-state index contributed by atoms with van der Waals surface area (Å²) in [6.07, 6.45) is 7.40. The van der Waals surface area contributed by atoms with Crippen molar-refractivity contribution in [3.63, 3.8) is 0 Å². The number of carbonyl (C=O) groups is 1. The fourth-order valence-corrected chi connectivity index (χ4v) is 2.27. The van der Waals surface area contributed by atoms with Crippen LogP contribution in [0.25, 0.3) is 0 Å². The predicted octanol–water partition coefficient (Wildman–Crippen LogP) is 2.79. The molecule has 0 aromatic heterocycles. The zero-order chi connectivity index (χ0) is 22.0. The van der Waals surface area contributed by atoms with Gasteiger partial charge >= 0.3 is 5.97 Å². The van der Waals surface area contributed by atoms with E-state index in [1.807, 2.05) is 0 Å². The van der Waals surface area contributed by atoms with Gasteiger partial charge in [-0.15, -0.1) is 0 Å². The standard InChI is InChI=1S/C22H42O8/c1-3-5-6-7-8-9-24-10-11-25-12-13-26-14-15-27-16-17-28-18-19-29-20-21-30-22(23)4-2/h4H,2-3,5-21H2,1H3. The highest BCUT2D eigenvalue weighted by molar-refractivity contribution is 5.81. The smallest absolute Gasteiger partial charge is 0.330 e. The molecule has 0 aliphatic rings. The van der Waals surface area contributed by atoms with E-state index in [9.17, 15) is 4.79 Å². The summed E-state index contributed by atoms with van der Waals surface area (Å²) in [6.45, 7) is 12.2. The average Bonchev–Trinajstić information content (AvgIpc) is 2.76. The zero-order valence-corrected chi connectivity index (χ0v) is 18.8. The van der Waals surface area contributed by atoms with Crippen LogP contribution >= 0.6 is 0 Å². The zero-order valence-electron chi connectivity index (χ0n) is 18.8. The summed E-state index contributed by atoms with van der Waals surface area (Å²) in [6, 6.07) is 0. The van der Waals surface area contributed by atoms with Crippen molar-refractivity contribution in [2.24, 2.45) is 0 Å². The molecular formula is C22H42O8. The van der Waals surface area contributed by atoms with E-state index >= 15 is 0 Å². The summed E-state index contributed by atoms with van der Waals surface area (Å²) in [7, 11) is 0. The fraction of sp³-hybridized carbons (Fsp3) is 0.864. The molecule has 8 heteroatoms. The molecule has 30 heavy (non-hydrogen) atoms. The van der Waals surface area contributed by atoms with Crippen molar-refractivity contribution < 1.29 is 38.0 Å². The van der Waals surface area contributed by atoms with Gasteiger partial charge in [0, 0.05) is 12.7 Å². The third-order valence-electron chi connectivity index (χ3n) is 3.89. The van der Waals surface area contributed by atoms with Crippen molar-refractivity contribution >= 4 is 5.97 Å². The van der Waals surface area contributed by atoms with Crippen LogP contribution in [-0.4, -0.2) is 91.9 Å². The number of carbonyl (C=O) groups excluding carboxylic acids is 1. The first-order valence-corrected chi connectivity index (χ1v) is 11.1. The summed E-state index contributed by atoms with van der Waals surface area (Å²) in [5.41, 5.74) is 0. The Kier molecular flexibility index (Phi) is 25.1. The number of esters is 1. The van der Waals surface area contributed by atoms with Gasteiger partial charge in [-0.25, -0.2) is 4.79 Å². The number of hydrogen-bond acceptors (Lipinski definition) is 8. The van der Waals surface area contributed by atoms with Crippen molar-refractivity contribution in [1.82, 2.24) is 0 Å². The maximum absolute atomic E-state index is 10.8. The lowest BCUT2D eigenvalue weighted by atomic mass is 10.2. The van der Waals surface area contributed by atoms with E-state index in [4.69, 9.17) is 33.2 Å². The number of unbranched alkanes of at least 4 members (excludes halogenated alkanes) is 4. The molecule has 0 saturated carbocycles. The van der Waals surface area contributed by atoms with Crippen molar-refractivity contribution in [1.29, 1.82) is 0 Å². The monoisotopic (exact) mass is 434 g/mol. The molecule has 0 atom stereocenters. The van der Waals surface area contributed by atoms with Gasteiger partial charge in [-0.05, 0) is 6.42 Å². The second kappa shape index (κ2) is 26.0. The Bertz CT molecular complexity index is 365. The number of rotatable bonds is 25. The minimum atomic E-state index is -0.447. The molecule has 0 fully saturated rings. The van der Waals surface area contributed by atoms with Gasteiger partial charge in [0.2, 0.25) is 0 Å². The molecule has 0 aliphatic heterocycles. The average molecular weight is 435 g/mol. The first kappa shape index (κ1) is 29.0. The van der Waals surface area contributed by atoms with Crippen LogP contribution in [-0.2, 0) is 38.0 Å². The molecule has 0 radical (unpaired) electrons. The predicted molar refractivity (Wildman–Crippen MR) is 115 cm³/mol. The fourth-order valence-electron chi connectivity index (χ4n) is 2.27. The Morgan fingerprint density at radius 1 is 0.567 bits per heavy atom. The van der Waals surface area contributed by atoms with E-state index < -0.39 is 5.97 Å². The van der Waals surface area contributed by atoms with Crippen molar-refractivity contribution in [3.8, 4) is 0 Å². The number of hydrogen-bond donors (Lipinski definition) is 0. The van der Waals surface area contributed by atoms with Crippen LogP contribution in [0.15, 0.2) is 12.7 Å². The second-order valence-corrected chi connectivity index (χ2v) is 6.46. The van der Waals surface area contributed by atoms with E-state index in [-0.39, 0.29) is 6.61 Å². The molecular weight excluding hydrogens is 392 g/mol. The van der Waals surface area contributed by atoms with Crippen LogP contribution < -0.4 is 0 Å². The molecule has 0 unspecified atom stereocenters. The molecule has 0 rings (SSSR count). The van der Waals surface area contributed by atoms with Crippen molar-refractivity contribution in [2.75, 3.05) is 85.9 Å². The van der Waals surface area contributed by atoms with Crippen LogP contribution in [0.1, 0.15) is 39.0 Å². The molecule has 0 bridgehead atoms. The molecule has 0 aromatic rings. The van der Waals surface area contributed by atoms with Gasteiger partial charge in [-0.1, -0.05) is 39.2 Å². The first-order chi connectivity index (χ1) is 14.8. The Morgan fingerprint density at radius 2 is 0.933 bits per heavy atom. The van der Waals surface area contributed by atoms with Crippen LogP contribution in [0.3, 0.4) is 0 Å². The van der Waals surface area contributed by atoms with Gasteiger partial charge in [-0.2, -0.15) is 0 Å². The van der Waals surface area contributed by atoms with E-state index in [0.717, 1.165) is 19.1 Å². The highest BCUT2D eigenvalue weighted by Crippen LogP contribution is 2.02. The SMILES string of the molecule is C=CC(=O)OCCOCCOCCOCCOCCOCCOCCCCCCC. The maximum Gasteiger partial charge on any atom is 0.330 e. The molecule has 0 amide bonds. The van der Waals surface area contributed by atoms with Gasteiger partial charge in [-0.3, -0.25) is 0 Å². The van der Waals surface area contributed by atoms with E-state index in [1.165, 1.54) is 25.7 Å². The summed E-state index contributed by atoms with van der Waals surface area (Å²) in [5, 5.41) is 0. The Balaban J connectivity index is 3.02. The topological polar surface area (TPSA) is 81.7 Å². The molecule has 8 nitrogen and oxygen atoms in total. The molecule has 0 N–H and O–H groups in total. The van der Waals surface area contributed by atoms with Crippen LogP contribution in [0, 0.1) is 0 Å². The van der Waals surface area contributed by atoms with Gasteiger partial charge in [0.15, 0.2) is 0 Å². The van der Waals surface area contributed by atoms with Gasteiger partial charge < -0.3 is 33.2 Å². The molecule has 178 valence electrons. The van der Waals surface area contributed by atoms with Crippen LogP contribution in [0.5, 0.6) is 0 Å². The minimum absolute atomic E-state index is 0.214. The lowest BCUT2D eigenvalue weighted by Gasteiger charge is -2.08. The third-order valence-corrected chi connectivity index (χ3v) is 3.89. The minimum Gasteiger partial charge on any atom is -0.460 e. The second-order valence-electron chi connectivity index (χ2n) is 6.46. The highest BCUT2D eigenvalue weighted by Gasteiger charge is 1.96. The Hall–Kier alpha value is -1.03. The first-order valence-electron chi connectivity index (χ1n) is 11.1. The Morgan fingerprint density at radius 3 is 1.33 bits per heavy atom.